The fourth-order valence-corrected chi connectivity index (χ4v) is 2.41. The third-order valence-electron chi connectivity index (χ3n) is 3.91. The van der Waals surface area contributed by atoms with Crippen molar-refractivity contribution in [2.75, 3.05) is 33.8 Å². The number of esters is 1. The summed E-state index contributed by atoms with van der Waals surface area (Å²) in [6.07, 6.45) is -0.828. The van der Waals surface area contributed by atoms with Crippen LogP contribution in [-0.2, 0) is 9.53 Å². The first-order valence-corrected chi connectivity index (χ1v) is 8.39. The molecule has 0 radical (unpaired) electrons. The smallest absolute Gasteiger partial charge is 0.337 e. The molecule has 1 amide bonds. The van der Waals surface area contributed by atoms with Gasteiger partial charge in [-0.1, -0.05) is 0 Å². The van der Waals surface area contributed by atoms with Crippen LogP contribution in [0.1, 0.15) is 17.3 Å². The lowest BCUT2D eigenvalue weighted by molar-refractivity contribution is -0.122. The number of hydrogen-bond donors (Lipinski definition) is 1. The predicted molar refractivity (Wildman–Crippen MR) is 103 cm³/mol. The van der Waals surface area contributed by atoms with E-state index in [1.165, 1.54) is 40.6 Å². The number of amides is 1. The SMILES string of the molecule is COC(=O)c1ccc(O[C@H](C)C(=O)Nc2ccc(OC)c(OC)c2)c(OC)c1. The second-order valence-corrected chi connectivity index (χ2v) is 5.68. The number of carbonyl (C=O) groups is 2. The number of ether oxygens (including phenoxy) is 5. The highest BCUT2D eigenvalue weighted by atomic mass is 16.5. The van der Waals surface area contributed by atoms with E-state index in [0.29, 0.717) is 34.2 Å². The Morgan fingerprint density at radius 3 is 2.04 bits per heavy atom. The molecule has 0 aliphatic rings. The van der Waals surface area contributed by atoms with E-state index in [1.54, 1.807) is 31.2 Å². The van der Waals surface area contributed by atoms with Crippen LogP contribution in [-0.4, -0.2) is 46.4 Å². The Bertz CT molecular complexity index is 850. The lowest BCUT2D eigenvalue weighted by Crippen LogP contribution is -2.30. The summed E-state index contributed by atoms with van der Waals surface area (Å²) in [5.41, 5.74) is 0.847. The monoisotopic (exact) mass is 389 g/mol. The quantitative estimate of drug-likeness (QED) is 0.694. The second-order valence-electron chi connectivity index (χ2n) is 5.68. The maximum Gasteiger partial charge on any atom is 0.337 e. The standard InChI is InChI=1S/C20H23NO7/c1-12(19(22)21-14-7-9-15(24-2)18(11-14)26-4)28-16-8-6-13(20(23)27-5)10-17(16)25-3/h6-12H,1-5H3,(H,21,22)/t12-/m1/s1. The highest BCUT2D eigenvalue weighted by Crippen LogP contribution is 2.31. The molecule has 0 aromatic heterocycles. The molecular formula is C20H23NO7. The van der Waals surface area contributed by atoms with Crippen LogP contribution >= 0.6 is 0 Å². The zero-order valence-corrected chi connectivity index (χ0v) is 16.4. The molecule has 28 heavy (non-hydrogen) atoms. The van der Waals surface area contributed by atoms with Gasteiger partial charge in [0.15, 0.2) is 29.1 Å². The van der Waals surface area contributed by atoms with Gasteiger partial charge in [0.25, 0.3) is 5.91 Å². The van der Waals surface area contributed by atoms with Crippen molar-refractivity contribution in [2.45, 2.75) is 13.0 Å². The van der Waals surface area contributed by atoms with Gasteiger partial charge < -0.3 is 29.0 Å². The highest BCUT2D eigenvalue weighted by molar-refractivity contribution is 5.94. The van der Waals surface area contributed by atoms with Crippen molar-refractivity contribution >= 4 is 17.6 Å². The predicted octanol–water partition coefficient (Wildman–Crippen LogP) is 2.91. The lowest BCUT2D eigenvalue weighted by atomic mass is 10.2. The van der Waals surface area contributed by atoms with Crippen LogP contribution < -0.4 is 24.3 Å². The molecule has 0 bridgehead atoms. The molecule has 0 saturated carbocycles. The summed E-state index contributed by atoms with van der Waals surface area (Å²) in [6.45, 7) is 1.60. The van der Waals surface area contributed by atoms with Gasteiger partial charge in [-0.25, -0.2) is 4.79 Å². The molecule has 150 valence electrons. The van der Waals surface area contributed by atoms with E-state index in [2.05, 4.69) is 10.1 Å². The number of rotatable bonds is 8. The lowest BCUT2D eigenvalue weighted by Gasteiger charge is -2.17. The van der Waals surface area contributed by atoms with Gasteiger partial charge in [0.1, 0.15) is 0 Å². The van der Waals surface area contributed by atoms with E-state index in [-0.39, 0.29) is 5.91 Å². The molecule has 8 nitrogen and oxygen atoms in total. The summed E-state index contributed by atoms with van der Waals surface area (Å²) in [5.74, 6) is 0.823. The molecule has 8 heteroatoms. The van der Waals surface area contributed by atoms with Gasteiger partial charge in [-0.2, -0.15) is 0 Å². The molecule has 1 atom stereocenters. The number of carbonyl (C=O) groups excluding carboxylic acids is 2. The average molecular weight is 389 g/mol. The Morgan fingerprint density at radius 2 is 1.43 bits per heavy atom. The number of nitrogens with one attached hydrogen (secondary N) is 1. The molecule has 0 heterocycles. The van der Waals surface area contributed by atoms with E-state index < -0.39 is 12.1 Å². The third-order valence-corrected chi connectivity index (χ3v) is 3.91. The largest absolute Gasteiger partial charge is 0.493 e. The van der Waals surface area contributed by atoms with E-state index in [9.17, 15) is 9.59 Å². The fourth-order valence-electron chi connectivity index (χ4n) is 2.41. The van der Waals surface area contributed by atoms with Crippen LogP contribution in [0.15, 0.2) is 36.4 Å². The molecular weight excluding hydrogens is 366 g/mol. The molecule has 0 saturated heterocycles. The Morgan fingerprint density at radius 1 is 0.821 bits per heavy atom. The Hall–Kier alpha value is -3.42. The van der Waals surface area contributed by atoms with E-state index in [1.807, 2.05) is 0 Å². The zero-order valence-electron chi connectivity index (χ0n) is 16.4. The fraction of sp³-hybridized carbons (Fsp3) is 0.300. The van der Waals surface area contributed by atoms with Gasteiger partial charge >= 0.3 is 5.97 Å². The summed E-state index contributed by atoms with van der Waals surface area (Å²) < 4.78 is 26.0. The third kappa shape index (κ3) is 4.85. The van der Waals surface area contributed by atoms with Crippen LogP contribution in [0.5, 0.6) is 23.0 Å². The van der Waals surface area contributed by atoms with Crippen LogP contribution in [0.2, 0.25) is 0 Å². The van der Waals surface area contributed by atoms with Crippen molar-refractivity contribution in [3.63, 3.8) is 0 Å². The molecule has 0 unspecified atom stereocenters. The van der Waals surface area contributed by atoms with Crippen molar-refractivity contribution in [1.82, 2.24) is 0 Å². The minimum absolute atomic E-state index is 0.314. The number of anilines is 1. The van der Waals surface area contributed by atoms with Crippen LogP contribution in [0.25, 0.3) is 0 Å². The molecule has 0 fully saturated rings. The molecule has 0 aliphatic heterocycles. The maximum atomic E-state index is 12.5. The summed E-state index contributed by atoms with van der Waals surface area (Å²) in [5, 5.41) is 2.75. The minimum Gasteiger partial charge on any atom is -0.493 e. The molecule has 0 aliphatic carbocycles. The summed E-state index contributed by atoms with van der Waals surface area (Å²) in [6, 6.07) is 9.59. The molecule has 2 aromatic rings. The van der Waals surface area contributed by atoms with Gasteiger partial charge in [-0.3, -0.25) is 4.79 Å². The molecule has 2 rings (SSSR count). The van der Waals surface area contributed by atoms with Gasteiger partial charge in [0.2, 0.25) is 0 Å². The zero-order chi connectivity index (χ0) is 20.7. The Kier molecular flexibility index (Phi) is 7.08. The first-order chi connectivity index (χ1) is 13.4. The topological polar surface area (TPSA) is 92.3 Å². The summed E-state index contributed by atoms with van der Waals surface area (Å²) >= 11 is 0. The normalized spacial score (nSPS) is 11.2. The summed E-state index contributed by atoms with van der Waals surface area (Å²) in [4.78, 5) is 24.1. The average Bonchev–Trinajstić information content (AvgIpc) is 2.73. The maximum absolute atomic E-state index is 12.5. The second kappa shape index (κ2) is 9.50. The van der Waals surface area contributed by atoms with Crippen molar-refractivity contribution in [3.8, 4) is 23.0 Å². The molecule has 1 N–H and O–H groups in total. The highest BCUT2D eigenvalue weighted by Gasteiger charge is 2.19. The first-order valence-electron chi connectivity index (χ1n) is 8.39. The number of methoxy groups -OCH3 is 4. The summed E-state index contributed by atoms with van der Waals surface area (Å²) in [7, 11) is 5.78. The van der Waals surface area contributed by atoms with Crippen molar-refractivity contribution in [3.05, 3.63) is 42.0 Å². The van der Waals surface area contributed by atoms with Crippen molar-refractivity contribution in [2.24, 2.45) is 0 Å². The van der Waals surface area contributed by atoms with Crippen molar-refractivity contribution < 1.29 is 33.3 Å². The Balaban J connectivity index is 2.11. The van der Waals surface area contributed by atoms with Crippen LogP contribution in [0.3, 0.4) is 0 Å². The van der Waals surface area contributed by atoms with Crippen LogP contribution in [0, 0.1) is 0 Å². The Labute approximate surface area is 163 Å². The van der Waals surface area contributed by atoms with Crippen molar-refractivity contribution in [1.29, 1.82) is 0 Å². The van der Waals surface area contributed by atoms with Gasteiger partial charge in [0, 0.05) is 11.8 Å². The molecule has 0 spiro atoms. The van der Waals surface area contributed by atoms with Gasteiger partial charge in [-0.15, -0.1) is 0 Å². The van der Waals surface area contributed by atoms with Crippen LogP contribution in [0.4, 0.5) is 5.69 Å². The molecule has 2 aromatic carbocycles. The number of benzene rings is 2. The van der Waals surface area contributed by atoms with E-state index in [4.69, 9.17) is 18.9 Å². The minimum atomic E-state index is -0.828. The van der Waals surface area contributed by atoms with Gasteiger partial charge in [-0.05, 0) is 37.3 Å². The van der Waals surface area contributed by atoms with Gasteiger partial charge in [0.05, 0.1) is 34.0 Å². The van der Waals surface area contributed by atoms with E-state index in [0.717, 1.165) is 0 Å². The number of hydrogen-bond acceptors (Lipinski definition) is 7. The first kappa shape index (κ1) is 20.9. The van der Waals surface area contributed by atoms with E-state index >= 15 is 0 Å².